The average Bonchev–Trinajstić information content (AvgIpc) is 2.73. The molecule has 0 fully saturated rings. The molecule has 0 aromatic carbocycles. The number of rotatable bonds is 3. The molecule has 2 aromatic heterocycles. The zero-order valence-corrected chi connectivity index (χ0v) is 12.2. The van der Waals surface area contributed by atoms with Gasteiger partial charge in [-0.1, -0.05) is 20.8 Å². The van der Waals surface area contributed by atoms with Crippen molar-refractivity contribution in [3.8, 4) is 0 Å². The SMILES string of the molecule is CNc1cc(Cc2nccn2C)nc(C(C)(C)C)n1. The third-order valence-corrected chi connectivity index (χ3v) is 2.97. The number of anilines is 1. The molecular weight excluding hydrogens is 238 g/mol. The predicted octanol–water partition coefficient (Wildman–Crippen LogP) is 2.14. The molecule has 2 rings (SSSR count). The normalized spacial score (nSPS) is 11.6. The van der Waals surface area contributed by atoms with Crippen LogP contribution in [0.1, 0.15) is 38.1 Å². The Balaban J connectivity index is 2.37. The van der Waals surface area contributed by atoms with Crippen molar-refractivity contribution in [2.75, 3.05) is 12.4 Å². The summed E-state index contributed by atoms with van der Waals surface area (Å²) in [5.41, 5.74) is 0.919. The van der Waals surface area contributed by atoms with E-state index in [0.717, 1.165) is 23.2 Å². The minimum absolute atomic E-state index is 0.0662. The van der Waals surface area contributed by atoms with E-state index in [0.29, 0.717) is 6.42 Å². The number of hydrogen-bond acceptors (Lipinski definition) is 4. The fourth-order valence-electron chi connectivity index (χ4n) is 1.78. The van der Waals surface area contributed by atoms with Gasteiger partial charge in [0.15, 0.2) is 0 Å². The first-order valence-electron chi connectivity index (χ1n) is 6.42. The molecule has 0 bridgehead atoms. The molecule has 0 amide bonds. The zero-order chi connectivity index (χ0) is 14.0. The van der Waals surface area contributed by atoms with Gasteiger partial charge < -0.3 is 9.88 Å². The first-order chi connectivity index (χ1) is 8.90. The van der Waals surface area contributed by atoms with Gasteiger partial charge in [-0.15, -0.1) is 0 Å². The van der Waals surface area contributed by atoms with Crippen LogP contribution in [0, 0.1) is 0 Å². The van der Waals surface area contributed by atoms with Crippen LogP contribution in [0.3, 0.4) is 0 Å². The Morgan fingerprint density at radius 3 is 2.53 bits per heavy atom. The van der Waals surface area contributed by atoms with Gasteiger partial charge in [-0.25, -0.2) is 15.0 Å². The summed E-state index contributed by atoms with van der Waals surface area (Å²) in [7, 11) is 3.87. The molecule has 1 N–H and O–H groups in total. The van der Waals surface area contributed by atoms with Gasteiger partial charge >= 0.3 is 0 Å². The fourth-order valence-corrected chi connectivity index (χ4v) is 1.78. The van der Waals surface area contributed by atoms with E-state index < -0.39 is 0 Å². The summed E-state index contributed by atoms with van der Waals surface area (Å²) < 4.78 is 2.01. The minimum Gasteiger partial charge on any atom is -0.373 e. The lowest BCUT2D eigenvalue weighted by molar-refractivity contribution is 0.542. The smallest absolute Gasteiger partial charge is 0.136 e. The number of hydrogen-bond donors (Lipinski definition) is 1. The second-order valence-corrected chi connectivity index (χ2v) is 5.70. The van der Waals surface area contributed by atoms with Gasteiger partial charge in [0.05, 0.1) is 5.69 Å². The maximum Gasteiger partial charge on any atom is 0.136 e. The molecule has 0 saturated heterocycles. The molecule has 0 aliphatic heterocycles. The second-order valence-electron chi connectivity index (χ2n) is 5.70. The summed E-state index contributed by atoms with van der Waals surface area (Å²) in [6, 6.07) is 1.98. The van der Waals surface area contributed by atoms with E-state index in [4.69, 9.17) is 0 Å². The van der Waals surface area contributed by atoms with Gasteiger partial charge in [0.1, 0.15) is 17.5 Å². The van der Waals surface area contributed by atoms with Crippen molar-refractivity contribution >= 4 is 5.82 Å². The molecule has 0 atom stereocenters. The molecule has 2 heterocycles. The van der Waals surface area contributed by atoms with Crippen molar-refractivity contribution in [3.05, 3.63) is 35.8 Å². The number of aromatic nitrogens is 4. The van der Waals surface area contributed by atoms with Gasteiger partial charge in [-0.3, -0.25) is 0 Å². The molecule has 2 aromatic rings. The molecule has 0 unspecified atom stereocenters. The number of nitrogens with one attached hydrogen (secondary N) is 1. The molecular formula is C14H21N5. The quantitative estimate of drug-likeness (QED) is 0.917. The van der Waals surface area contributed by atoms with Crippen LogP contribution in [-0.4, -0.2) is 26.6 Å². The van der Waals surface area contributed by atoms with Crippen molar-refractivity contribution in [2.24, 2.45) is 7.05 Å². The molecule has 5 heteroatoms. The average molecular weight is 259 g/mol. The monoisotopic (exact) mass is 259 g/mol. The summed E-state index contributed by atoms with van der Waals surface area (Å²) in [4.78, 5) is 13.5. The molecule has 19 heavy (non-hydrogen) atoms. The lowest BCUT2D eigenvalue weighted by Crippen LogP contribution is -2.18. The molecule has 0 saturated carbocycles. The van der Waals surface area contributed by atoms with E-state index in [1.807, 2.05) is 30.9 Å². The Hall–Kier alpha value is -1.91. The highest BCUT2D eigenvalue weighted by Crippen LogP contribution is 2.21. The van der Waals surface area contributed by atoms with Crippen LogP contribution >= 0.6 is 0 Å². The summed E-state index contributed by atoms with van der Waals surface area (Å²) in [5, 5.41) is 3.10. The molecule has 102 valence electrons. The van der Waals surface area contributed by atoms with E-state index >= 15 is 0 Å². The molecule has 0 aliphatic carbocycles. The lowest BCUT2D eigenvalue weighted by Gasteiger charge is -2.18. The third-order valence-electron chi connectivity index (χ3n) is 2.97. The third kappa shape index (κ3) is 3.10. The number of imidazole rings is 1. The number of aryl methyl sites for hydroxylation is 1. The Morgan fingerprint density at radius 1 is 1.26 bits per heavy atom. The maximum absolute atomic E-state index is 4.66. The van der Waals surface area contributed by atoms with Gasteiger partial charge in [0.25, 0.3) is 0 Å². The van der Waals surface area contributed by atoms with Crippen molar-refractivity contribution in [1.29, 1.82) is 0 Å². The van der Waals surface area contributed by atoms with Crippen LogP contribution in [0.5, 0.6) is 0 Å². The summed E-state index contributed by atoms with van der Waals surface area (Å²) in [5.74, 6) is 2.70. The van der Waals surface area contributed by atoms with E-state index in [1.165, 1.54) is 0 Å². The largest absolute Gasteiger partial charge is 0.373 e. The first-order valence-corrected chi connectivity index (χ1v) is 6.42. The Labute approximate surface area is 114 Å². The van der Waals surface area contributed by atoms with Crippen LogP contribution in [0.4, 0.5) is 5.82 Å². The Kier molecular flexibility index (Phi) is 3.55. The van der Waals surface area contributed by atoms with Gasteiger partial charge in [-0.2, -0.15) is 0 Å². The van der Waals surface area contributed by atoms with E-state index in [9.17, 15) is 0 Å². The van der Waals surface area contributed by atoms with Crippen molar-refractivity contribution in [3.63, 3.8) is 0 Å². The predicted molar refractivity (Wildman–Crippen MR) is 76.3 cm³/mol. The van der Waals surface area contributed by atoms with Crippen molar-refractivity contribution in [2.45, 2.75) is 32.6 Å². The van der Waals surface area contributed by atoms with Gasteiger partial charge in [0.2, 0.25) is 0 Å². The van der Waals surface area contributed by atoms with Crippen LogP contribution in [0.2, 0.25) is 0 Å². The highest BCUT2D eigenvalue weighted by molar-refractivity contribution is 5.37. The van der Waals surface area contributed by atoms with Crippen LogP contribution in [0.25, 0.3) is 0 Å². The highest BCUT2D eigenvalue weighted by Gasteiger charge is 2.19. The van der Waals surface area contributed by atoms with Crippen LogP contribution < -0.4 is 5.32 Å². The topological polar surface area (TPSA) is 55.6 Å². The summed E-state index contributed by atoms with van der Waals surface area (Å²) >= 11 is 0. The van der Waals surface area contributed by atoms with Crippen molar-refractivity contribution in [1.82, 2.24) is 19.5 Å². The van der Waals surface area contributed by atoms with Gasteiger partial charge in [0, 0.05) is 44.4 Å². The minimum atomic E-state index is -0.0662. The zero-order valence-electron chi connectivity index (χ0n) is 12.2. The van der Waals surface area contributed by atoms with E-state index in [1.54, 1.807) is 6.20 Å². The number of nitrogens with zero attached hydrogens (tertiary/aromatic N) is 4. The van der Waals surface area contributed by atoms with Crippen molar-refractivity contribution < 1.29 is 0 Å². The Bertz CT molecular complexity index is 565. The second kappa shape index (κ2) is 4.99. The standard InChI is InChI=1S/C14H21N5/c1-14(2,3)13-17-10(8-11(15-4)18-13)9-12-16-6-7-19(12)5/h6-8H,9H2,1-5H3,(H,15,17,18). The molecule has 0 aliphatic rings. The van der Waals surface area contributed by atoms with Gasteiger partial charge in [-0.05, 0) is 0 Å². The Morgan fingerprint density at radius 2 is 2.00 bits per heavy atom. The summed E-state index contributed by atoms with van der Waals surface area (Å²) in [6.45, 7) is 6.35. The first kappa shape index (κ1) is 13.5. The fraction of sp³-hybridized carbons (Fsp3) is 0.500. The molecule has 5 nitrogen and oxygen atoms in total. The maximum atomic E-state index is 4.66. The highest BCUT2D eigenvalue weighted by atomic mass is 15.0. The van der Waals surface area contributed by atoms with Crippen LogP contribution in [0.15, 0.2) is 18.5 Å². The van der Waals surface area contributed by atoms with E-state index in [2.05, 4.69) is 41.0 Å². The molecule has 0 spiro atoms. The molecule has 0 radical (unpaired) electrons. The van der Waals surface area contributed by atoms with Crippen LogP contribution in [-0.2, 0) is 18.9 Å². The van der Waals surface area contributed by atoms with E-state index in [-0.39, 0.29) is 5.41 Å². The summed E-state index contributed by atoms with van der Waals surface area (Å²) in [6.07, 6.45) is 4.46. The lowest BCUT2D eigenvalue weighted by atomic mass is 9.95.